The van der Waals surface area contributed by atoms with Gasteiger partial charge in [0.05, 0.1) is 23.9 Å². The Labute approximate surface area is 173 Å². The van der Waals surface area contributed by atoms with E-state index in [-0.39, 0.29) is 11.3 Å². The normalized spacial score (nSPS) is 14.5. The number of furan rings is 1. The van der Waals surface area contributed by atoms with E-state index in [1.54, 1.807) is 36.4 Å². The molecule has 0 unspecified atom stereocenters. The van der Waals surface area contributed by atoms with E-state index in [2.05, 4.69) is 0 Å². The van der Waals surface area contributed by atoms with Crippen LogP contribution in [0.2, 0.25) is 5.02 Å². The van der Waals surface area contributed by atoms with Crippen LogP contribution in [-0.2, 0) is 4.74 Å². The molecule has 1 aliphatic heterocycles. The van der Waals surface area contributed by atoms with Gasteiger partial charge in [-0.1, -0.05) is 23.7 Å². The van der Waals surface area contributed by atoms with Crippen molar-refractivity contribution < 1.29 is 18.3 Å². The molecule has 0 atom stereocenters. The molecule has 0 saturated carbocycles. The highest BCUT2D eigenvalue weighted by Gasteiger charge is 2.16. The Kier molecular flexibility index (Phi) is 5.79. The summed E-state index contributed by atoms with van der Waals surface area (Å²) in [5.74, 6) is 0.417. The fourth-order valence-electron chi connectivity index (χ4n) is 3.22. The fourth-order valence-corrected chi connectivity index (χ4v) is 3.45. The Hall–Kier alpha value is -2.89. The lowest BCUT2D eigenvalue weighted by Gasteiger charge is -2.29. The number of ether oxygens (including phenoxy) is 1. The number of ketones is 1. The number of hydrogen-bond donors (Lipinski definition) is 0. The summed E-state index contributed by atoms with van der Waals surface area (Å²) in [5, 5.41) is 0.587. The second-order valence-electron chi connectivity index (χ2n) is 6.65. The van der Waals surface area contributed by atoms with Crippen molar-refractivity contribution in [1.82, 2.24) is 0 Å². The van der Waals surface area contributed by atoms with Gasteiger partial charge in [-0.05, 0) is 54.6 Å². The Morgan fingerprint density at radius 2 is 1.86 bits per heavy atom. The maximum atomic E-state index is 14.5. The van der Waals surface area contributed by atoms with Crippen molar-refractivity contribution >= 4 is 29.1 Å². The van der Waals surface area contributed by atoms with Crippen molar-refractivity contribution in [2.24, 2.45) is 0 Å². The molecule has 1 aliphatic rings. The zero-order chi connectivity index (χ0) is 20.2. The summed E-state index contributed by atoms with van der Waals surface area (Å²) in [5.41, 5.74) is 1.55. The van der Waals surface area contributed by atoms with Crippen LogP contribution in [0.3, 0.4) is 0 Å². The van der Waals surface area contributed by atoms with E-state index < -0.39 is 5.82 Å². The largest absolute Gasteiger partial charge is 0.457 e. The van der Waals surface area contributed by atoms with Crippen LogP contribution in [-0.4, -0.2) is 32.1 Å². The summed E-state index contributed by atoms with van der Waals surface area (Å²) < 4.78 is 25.5. The average Bonchev–Trinajstić information content (AvgIpc) is 3.21. The van der Waals surface area contributed by atoms with Crippen LogP contribution in [0.15, 0.2) is 65.1 Å². The Balaban J connectivity index is 1.47. The minimum absolute atomic E-state index is 0.286. The smallest absolute Gasteiger partial charge is 0.186 e. The summed E-state index contributed by atoms with van der Waals surface area (Å²) in [4.78, 5) is 14.4. The first kappa shape index (κ1) is 19.4. The molecule has 148 valence electrons. The summed E-state index contributed by atoms with van der Waals surface area (Å²) in [6, 6.07) is 15.5. The first-order valence-electron chi connectivity index (χ1n) is 9.31. The second-order valence-corrected chi connectivity index (χ2v) is 7.05. The van der Waals surface area contributed by atoms with E-state index in [4.69, 9.17) is 20.8 Å². The maximum absolute atomic E-state index is 14.5. The van der Waals surface area contributed by atoms with Crippen LogP contribution in [0.1, 0.15) is 16.1 Å². The van der Waals surface area contributed by atoms with Crippen molar-refractivity contribution in [1.29, 1.82) is 0 Å². The van der Waals surface area contributed by atoms with Crippen molar-refractivity contribution in [3.05, 3.63) is 82.8 Å². The van der Waals surface area contributed by atoms with Gasteiger partial charge in [-0.15, -0.1) is 0 Å². The molecule has 1 saturated heterocycles. The summed E-state index contributed by atoms with van der Waals surface area (Å²) >= 11 is 6.18. The summed E-state index contributed by atoms with van der Waals surface area (Å²) in [7, 11) is 0. The number of rotatable bonds is 5. The molecule has 1 fully saturated rings. The number of allylic oxidation sites excluding steroid dienone is 1. The molecule has 1 aromatic heterocycles. The van der Waals surface area contributed by atoms with Crippen LogP contribution in [0.25, 0.3) is 17.4 Å². The molecule has 4 rings (SSSR count). The SMILES string of the molecule is O=C(C=Cc1ccc(-c2ccccc2Cl)o1)c1ccc(N2CCOCC2)c(F)c1. The van der Waals surface area contributed by atoms with Crippen molar-refractivity contribution in [3.63, 3.8) is 0 Å². The van der Waals surface area contributed by atoms with Crippen molar-refractivity contribution in [2.75, 3.05) is 31.2 Å². The Morgan fingerprint density at radius 1 is 1.07 bits per heavy atom. The molecular weight excluding hydrogens is 393 g/mol. The second kappa shape index (κ2) is 8.64. The van der Waals surface area contributed by atoms with Gasteiger partial charge < -0.3 is 14.1 Å². The predicted molar refractivity (Wildman–Crippen MR) is 112 cm³/mol. The minimum atomic E-state index is -0.412. The van der Waals surface area contributed by atoms with Gasteiger partial charge in [0, 0.05) is 24.2 Å². The molecule has 2 aromatic carbocycles. The topological polar surface area (TPSA) is 42.7 Å². The standard InChI is InChI=1S/C23H19ClFNO3/c24-19-4-2-1-3-18(19)23-10-7-17(29-23)6-9-22(27)16-5-8-21(20(25)15-16)26-11-13-28-14-12-26/h1-10,15H,11-14H2. The van der Waals surface area contributed by atoms with E-state index in [1.807, 2.05) is 23.1 Å². The summed E-state index contributed by atoms with van der Waals surface area (Å²) in [6.07, 6.45) is 2.94. The number of carbonyl (C=O) groups is 1. The highest BCUT2D eigenvalue weighted by atomic mass is 35.5. The molecule has 0 bridgehead atoms. The van der Waals surface area contributed by atoms with Crippen LogP contribution < -0.4 is 4.90 Å². The van der Waals surface area contributed by atoms with Gasteiger partial charge in [0.25, 0.3) is 0 Å². The van der Waals surface area contributed by atoms with Crippen molar-refractivity contribution in [2.45, 2.75) is 0 Å². The number of carbonyl (C=O) groups excluding carboxylic acids is 1. The van der Waals surface area contributed by atoms with Gasteiger partial charge in [0.1, 0.15) is 17.3 Å². The zero-order valence-corrected chi connectivity index (χ0v) is 16.4. The van der Waals surface area contributed by atoms with E-state index in [0.29, 0.717) is 48.5 Å². The number of morpholine rings is 1. The Morgan fingerprint density at radius 3 is 2.62 bits per heavy atom. The average molecular weight is 412 g/mol. The lowest BCUT2D eigenvalue weighted by Crippen LogP contribution is -2.36. The van der Waals surface area contributed by atoms with Crippen LogP contribution in [0.5, 0.6) is 0 Å². The van der Waals surface area contributed by atoms with Gasteiger partial charge in [-0.3, -0.25) is 4.79 Å². The maximum Gasteiger partial charge on any atom is 0.186 e. The molecule has 3 aromatic rings. The van der Waals surface area contributed by atoms with Gasteiger partial charge in [0.15, 0.2) is 5.78 Å². The molecule has 4 nitrogen and oxygen atoms in total. The molecule has 2 heterocycles. The molecule has 0 aliphatic carbocycles. The molecular formula is C23H19ClFNO3. The number of anilines is 1. The third-order valence-corrected chi connectivity index (χ3v) is 5.08. The lowest BCUT2D eigenvalue weighted by molar-refractivity contribution is 0.104. The zero-order valence-electron chi connectivity index (χ0n) is 15.6. The molecule has 0 radical (unpaired) electrons. The van der Waals surface area contributed by atoms with Gasteiger partial charge in [-0.25, -0.2) is 4.39 Å². The lowest BCUT2D eigenvalue weighted by atomic mass is 10.1. The number of hydrogen-bond acceptors (Lipinski definition) is 4. The van der Waals surface area contributed by atoms with Crippen molar-refractivity contribution in [3.8, 4) is 11.3 Å². The monoisotopic (exact) mass is 411 g/mol. The quantitative estimate of drug-likeness (QED) is 0.412. The molecule has 0 N–H and O–H groups in total. The highest BCUT2D eigenvalue weighted by Crippen LogP contribution is 2.29. The first-order valence-corrected chi connectivity index (χ1v) is 9.69. The van der Waals surface area contributed by atoms with Crippen LogP contribution in [0, 0.1) is 5.82 Å². The van der Waals surface area contributed by atoms with Gasteiger partial charge in [-0.2, -0.15) is 0 Å². The molecule has 0 spiro atoms. The molecule has 6 heteroatoms. The van der Waals surface area contributed by atoms with E-state index in [0.717, 1.165) is 5.56 Å². The minimum Gasteiger partial charge on any atom is -0.457 e. The van der Waals surface area contributed by atoms with Gasteiger partial charge >= 0.3 is 0 Å². The van der Waals surface area contributed by atoms with E-state index >= 15 is 0 Å². The third kappa shape index (κ3) is 4.42. The summed E-state index contributed by atoms with van der Waals surface area (Å²) in [6.45, 7) is 2.41. The predicted octanol–water partition coefficient (Wildman–Crippen LogP) is 5.47. The first-order chi connectivity index (χ1) is 14.1. The Bertz CT molecular complexity index is 1050. The molecule has 29 heavy (non-hydrogen) atoms. The number of nitrogens with zero attached hydrogens (tertiary/aromatic N) is 1. The van der Waals surface area contributed by atoms with Crippen LogP contribution in [0.4, 0.5) is 10.1 Å². The van der Waals surface area contributed by atoms with Gasteiger partial charge in [0.2, 0.25) is 0 Å². The third-order valence-electron chi connectivity index (χ3n) is 4.75. The fraction of sp³-hybridized carbons (Fsp3) is 0.174. The molecule has 0 amide bonds. The number of halogens is 2. The number of benzene rings is 2. The van der Waals surface area contributed by atoms with Crippen LogP contribution >= 0.6 is 11.6 Å². The highest BCUT2D eigenvalue weighted by molar-refractivity contribution is 6.33. The van der Waals surface area contributed by atoms with E-state index in [1.165, 1.54) is 12.1 Å². The van der Waals surface area contributed by atoms with E-state index in [9.17, 15) is 9.18 Å².